The van der Waals surface area contributed by atoms with Gasteiger partial charge in [-0.25, -0.2) is 0 Å². The van der Waals surface area contributed by atoms with Crippen LogP contribution in [0.5, 0.6) is 0 Å². The summed E-state index contributed by atoms with van der Waals surface area (Å²) >= 11 is 0. The number of carbonyl (C=O) groups is 2. The molecule has 0 aliphatic carbocycles. The lowest BCUT2D eigenvalue weighted by Gasteiger charge is -2.26. The van der Waals surface area contributed by atoms with Gasteiger partial charge in [-0.2, -0.15) is 0 Å². The molecule has 100 valence electrons. The molecule has 17 heavy (non-hydrogen) atoms. The zero-order chi connectivity index (χ0) is 13.7. The second-order valence-electron chi connectivity index (χ2n) is 5.54. The van der Waals surface area contributed by atoms with Crippen LogP contribution in [0.25, 0.3) is 0 Å². The average Bonchev–Trinajstić information content (AvgIpc) is 1.96. The van der Waals surface area contributed by atoms with E-state index in [4.69, 9.17) is 15.2 Å². The molecule has 0 bridgehead atoms. The molecule has 0 heterocycles. The highest BCUT2D eigenvalue weighted by atomic mass is 16.6. The van der Waals surface area contributed by atoms with E-state index in [1.165, 1.54) is 0 Å². The Balaban J connectivity index is 4.25. The lowest BCUT2D eigenvalue weighted by Crippen LogP contribution is -2.34. The van der Waals surface area contributed by atoms with E-state index in [9.17, 15) is 9.59 Å². The number of carbonyl (C=O) groups excluding carboxylic acids is 2. The molecule has 0 aromatic heterocycles. The van der Waals surface area contributed by atoms with E-state index in [1.54, 1.807) is 34.6 Å². The minimum absolute atomic E-state index is 0.0284. The van der Waals surface area contributed by atoms with E-state index in [-0.39, 0.29) is 25.4 Å². The molecule has 0 amide bonds. The average molecular weight is 245 g/mol. The predicted molar refractivity (Wildman–Crippen MR) is 64.3 cm³/mol. The number of hydrogen-bond donors (Lipinski definition) is 1. The molecular formula is C12H23NO4. The van der Waals surface area contributed by atoms with Crippen molar-refractivity contribution in [3.63, 3.8) is 0 Å². The largest absolute Gasteiger partial charge is 0.460 e. The number of esters is 2. The molecule has 0 fully saturated rings. The highest BCUT2D eigenvalue weighted by Gasteiger charge is 2.29. The van der Waals surface area contributed by atoms with Crippen LogP contribution in [0.3, 0.4) is 0 Å². The minimum atomic E-state index is -0.866. The van der Waals surface area contributed by atoms with Crippen LogP contribution in [0.2, 0.25) is 0 Å². The SMILES string of the molecule is CC(C)(C)OC(=O)CC(C)(C)OC(=O)CCN. The van der Waals surface area contributed by atoms with Crippen LogP contribution < -0.4 is 5.73 Å². The molecule has 0 atom stereocenters. The van der Waals surface area contributed by atoms with Gasteiger partial charge in [0.05, 0.1) is 12.8 Å². The minimum Gasteiger partial charge on any atom is -0.460 e. The Labute approximate surface area is 103 Å². The summed E-state index contributed by atoms with van der Waals surface area (Å²) in [6.07, 6.45) is 0.179. The maximum atomic E-state index is 11.6. The van der Waals surface area contributed by atoms with E-state index < -0.39 is 17.2 Å². The molecule has 0 radical (unpaired) electrons. The third-order valence-corrected chi connectivity index (χ3v) is 1.73. The molecule has 2 N–H and O–H groups in total. The van der Waals surface area contributed by atoms with Crippen molar-refractivity contribution in [3.8, 4) is 0 Å². The van der Waals surface area contributed by atoms with Crippen LogP contribution in [-0.2, 0) is 19.1 Å². The lowest BCUT2D eigenvalue weighted by molar-refractivity contribution is -0.167. The zero-order valence-electron chi connectivity index (χ0n) is 11.3. The van der Waals surface area contributed by atoms with Crippen LogP contribution in [-0.4, -0.2) is 29.7 Å². The van der Waals surface area contributed by atoms with Gasteiger partial charge in [-0.05, 0) is 34.6 Å². The highest BCUT2D eigenvalue weighted by molar-refractivity contribution is 5.73. The fraction of sp³-hybridized carbons (Fsp3) is 0.833. The first-order valence-electron chi connectivity index (χ1n) is 5.69. The molecule has 0 saturated heterocycles. The van der Waals surface area contributed by atoms with Gasteiger partial charge in [0.15, 0.2) is 0 Å². The highest BCUT2D eigenvalue weighted by Crippen LogP contribution is 2.18. The van der Waals surface area contributed by atoms with Crippen LogP contribution in [0.1, 0.15) is 47.5 Å². The molecule has 0 saturated carbocycles. The Morgan fingerprint density at radius 3 is 1.94 bits per heavy atom. The molecule has 0 aliphatic heterocycles. The van der Waals surface area contributed by atoms with Crippen molar-refractivity contribution in [2.75, 3.05) is 6.54 Å². The fourth-order valence-electron chi connectivity index (χ4n) is 1.24. The molecule has 0 aliphatic rings. The second kappa shape index (κ2) is 6.00. The van der Waals surface area contributed by atoms with Crippen LogP contribution in [0, 0.1) is 0 Å². The Kier molecular flexibility index (Phi) is 5.61. The van der Waals surface area contributed by atoms with E-state index in [2.05, 4.69) is 0 Å². The standard InChI is InChI=1S/C12H23NO4/c1-11(2,3)16-10(15)8-12(4,5)17-9(14)6-7-13/h6-8,13H2,1-5H3. The number of nitrogens with two attached hydrogens (primary N) is 1. The summed E-state index contributed by atoms with van der Waals surface area (Å²) in [5.41, 5.74) is 3.84. The molecule has 5 heteroatoms. The topological polar surface area (TPSA) is 78.6 Å². The predicted octanol–water partition coefficient (Wildman–Crippen LogP) is 1.39. The Bertz CT molecular complexity index is 279. The van der Waals surface area contributed by atoms with E-state index in [0.29, 0.717) is 0 Å². The molecule has 0 spiro atoms. The zero-order valence-corrected chi connectivity index (χ0v) is 11.3. The first-order chi connectivity index (χ1) is 7.56. The van der Waals surface area contributed by atoms with Gasteiger partial charge in [0.25, 0.3) is 0 Å². The fourth-order valence-corrected chi connectivity index (χ4v) is 1.24. The first-order valence-corrected chi connectivity index (χ1v) is 5.69. The number of hydrogen-bond acceptors (Lipinski definition) is 5. The van der Waals surface area contributed by atoms with Crippen molar-refractivity contribution in [1.82, 2.24) is 0 Å². The molecule has 0 aromatic carbocycles. The summed E-state index contributed by atoms with van der Waals surface area (Å²) in [7, 11) is 0. The van der Waals surface area contributed by atoms with Crippen molar-refractivity contribution in [1.29, 1.82) is 0 Å². The maximum Gasteiger partial charge on any atom is 0.310 e. The monoisotopic (exact) mass is 245 g/mol. The maximum absolute atomic E-state index is 11.6. The first kappa shape index (κ1) is 15.9. The van der Waals surface area contributed by atoms with Gasteiger partial charge in [0, 0.05) is 6.54 Å². The number of rotatable bonds is 5. The molecule has 0 rings (SSSR count). The smallest absolute Gasteiger partial charge is 0.310 e. The second-order valence-corrected chi connectivity index (χ2v) is 5.54. The lowest BCUT2D eigenvalue weighted by atomic mass is 10.0. The van der Waals surface area contributed by atoms with Crippen molar-refractivity contribution < 1.29 is 19.1 Å². The van der Waals surface area contributed by atoms with Crippen LogP contribution >= 0.6 is 0 Å². The molecule has 0 aromatic rings. The summed E-state index contributed by atoms with van der Waals surface area (Å²) in [5.74, 6) is -0.788. The van der Waals surface area contributed by atoms with Gasteiger partial charge in [-0.1, -0.05) is 0 Å². The summed E-state index contributed by atoms with van der Waals surface area (Å²) in [6.45, 7) is 8.95. The Morgan fingerprint density at radius 1 is 1.00 bits per heavy atom. The normalized spacial score (nSPS) is 12.1. The number of ether oxygens (including phenoxy) is 2. The Hall–Kier alpha value is -1.10. The quantitative estimate of drug-likeness (QED) is 0.740. The van der Waals surface area contributed by atoms with Gasteiger partial charge in [0.2, 0.25) is 0 Å². The van der Waals surface area contributed by atoms with E-state index >= 15 is 0 Å². The van der Waals surface area contributed by atoms with Crippen LogP contribution in [0.15, 0.2) is 0 Å². The van der Waals surface area contributed by atoms with Gasteiger partial charge in [0.1, 0.15) is 11.2 Å². The summed E-state index contributed by atoms with van der Waals surface area (Å²) in [4.78, 5) is 22.8. The van der Waals surface area contributed by atoms with Crippen LogP contribution in [0.4, 0.5) is 0 Å². The van der Waals surface area contributed by atoms with E-state index in [0.717, 1.165) is 0 Å². The van der Waals surface area contributed by atoms with Crippen molar-refractivity contribution in [2.24, 2.45) is 5.73 Å². The molecular weight excluding hydrogens is 222 g/mol. The third-order valence-electron chi connectivity index (χ3n) is 1.73. The van der Waals surface area contributed by atoms with E-state index in [1.807, 2.05) is 0 Å². The van der Waals surface area contributed by atoms with Gasteiger partial charge >= 0.3 is 11.9 Å². The van der Waals surface area contributed by atoms with Crippen molar-refractivity contribution in [3.05, 3.63) is 0 Å². The Morgan fingerprint density at radius 2 is 1.53 bits per heavy atom. The van der Waals surface area contributed by atoms with Crippen molar-refractivity contribution in [2.45, 2.75) is 58.7 Å². The van der Waals surface area contributed by atoms with Gasteiger partial charge < -0.3 is 15.2 Å². The molecule has 0 unspecified atom stereocenters. The van der Waals surface area contributed by atoms with Gasteiger partial charge in [-0.15, -0.1) is 0 Å². The molecule has 5 nitrogen and oxygen atoms in total. The summed E-state index contributed by atoms with van der Waals surface area (Å²) in [5, 5.41) is 0. The summed E-state index contributed by atoms with van der Waals surface area (Å²) < 4.78 is 10.3. The summed E-state index contributed by atoms with van der Waals surface area (Å²) in [6, 6.07) is 0. The van der Waals surface area contributed by atoms with Crippen molar-refractivity contribution >= 4 is 11.9 Å². The third kappa shape index (κ3) is 8.68. The van der Waals surface area contributed by atoms with Gasteiger partial charge in [-0.3, -0.25) is 9.59 Å².